The van der Waals surface area contributed by atoms with Crippen molar-refractivity contribution in [1.29, 1.82) is 0 Å². The zero-order valence-corrected chi connectivity index (χ0v) is 17.5. The minimum Gasteiger partial charge on any atom is -0.497 e. The van der Waals surface area contributed by atoms with Gasteiger partial charge in [0, 0.05) is 15.9 Å². The number of fused-ring (bicyclic) bond motifs is 1. The van der Waals surface area contributed by atoms with Gasteiger partial charge in [0.05, 0.1) is 26.2 Å². The van der Waals surface area contributed by atoms with Gasteiger partial charge in [0.1, 0.15) is 11.5 Å². The van der Waals surface area contributed by atoms with E-state index in [1.54, 1.807) is 20.3 Å². The average molecular weight is 413 g/mol. The summed E-state index contributed by atoms with van der Waals surface area (Å²) in [7, 11) is -3.26. The van der Waals surface area contributed by atoms with E-state index < -0.39 is 17.1 Å². The predicted octanol–water partition coefficient (Wildman–Crippen LogP) is 3.19. The zero-order chi connectivity index (χ0) is 19.9. The molecule has 144 valence electrons. The topological polar surface area (TPSA) is 65.0 Å². The Hall–Kier alpha value is -2.56. The summed E-state index contributed by atoms with van der Waals surface area (Å²) < 4.78 is 41.1. The second-order valence-corrected chi connectivity index (χ2v) is 11.4. The number of hydrogen-bond acceptors (Lipinski definition) is 4. The van der Waals surface area contributed by atoms with Gasteiger partial charge in [-0.25, -0.2) is 0 Å². The molecule has 5 nitrogen and oxygen atoms in total. The normalized spacial score (nSPS) is 16.1. The Morgan fingerprint density at radius 3 is 1.75 bits per heavy atom. The van der Waals surface area contributed by atoms with Crippen molar-refractivity contribution in [3.8, 4) is 11.5 Å². The first-order chi connectivity index (χ1) is 13.4. The molecule has 0 amide bonds. The lowest BCUT2D eigenvalue weighted by Crippen LogP contribution is -2.24. The van der Waals surface area contributed by atoms with Crippen LogP contribution in [0.15, 0.2) is 75.8 Å². The van der Waals surface area contributed by atoms with E-state index >= 15 is 0 Å². The molecule has 0 atom stereocenters. The van der Waals surface area contributed by atoms with Crippen LogP contribution in [0.4, 0.5) is 0 Å². The highest BCUT2D eigenvalue weighted by atomic mass is 32.2. The summed E-state index contributed by atoms with van der Waals surface area (Å²) in [5.74, 6) is 1.42. The summed E-state index contributed by atoms with van der Waals surface area (Å²) in [6, 6.07) is 20.6. The number of aryl methyl sites for hydroxylation is 1. The van der Waals surface area contributed by atoms with Gasteiger partial charge in [-0.15, -0.1) is 0 Å². The molecule has 3 aromatic rings. The van der Waals surface area contributed by atoms with Crippen LogP contribution in [-0.2, 0) is 10.0 Å². The second-order valence-electron chi connectivity index (χ2n) is 6.56. The molecule has 7 heteroatoms. The third kappa shape index (κ3) is 2.84. The molecule has 0 saturated carbocycles. The Labute approximate surface area is 165 Å². The van der Waals surface area contributed by atoms with E-state index in [1.165, 1.54) is 0 Å². The highest BCUT2D eigenvalue weighted by molar-refractivity contribution is 8.03. The van der Waals surface area contributed by atoms with E-state index in [4.69, 9.17) is 9.47 Å². The van der Waals surface area contributed by atoms with Crippen LogP contribution in [0.2, 0.25) is 0 Å². The van der Waals surface area contributed by atoms with Crippen LogP contribution in [0.1, 0.15) is 5.56 Å². The number of benzene rings is 3. The molecule has 4 rings (SSSR count). The largest absolute Gasteiger partial charge is 0.497 e. The van der Waals surface area contributed by atoms with Gasteiger partial charge in [-0.05, 0) is 67.1 Å². The first-order valence-corrected chi connectivity index (χ1v) is 11.9. The van der Waals surface area contributed by atoms with Crippen LogP contribution >= 0.6 is 7.05 Å². The van der Waals surface area contributed by atoms with Crippen LogP contribution in [-0.4, -0.2) is 22.6 Å². The number of nitrogens with zero attached hydrogens (tertiary/aromatic N) is 1. The molecule has 0 saturated heterocycles. The molecule has 3 aromatic carbocycles. The van der Waals surface area contributed by atoms with Gasteiger partial charge in [0.2, 0.25) is 0 Å². The summed E-state index contributed by atoms with van der Waals surface area (Å²) >= 11 is 0. The summed E-state index contributed by atoms with van der Waals surface area (Å²) in [5.41, 5.74) is 0.891. The summed E-state index contributed by atoms with van der Waals surface area (Å²) in [6.07, 6.45) is 0. The summed E-state index contributed by atoms with van der Waals surface area (Å²) in [6.45, 7) is 1.88. The fourth-order valence-corrected chi connectivity index (χ4v) is 10.3. The second kappa shape index (κ2) is 6.80. The molecule has 1 aliphatic heterocycles. The van der Waals surface area contributed by atoms with Gasteiger partial charge in [-0.1, -0.05) is 12.1 Å². The van der Waals surface area contributed by atoms with Crippen LogP contribution < -0.4 is 25.4 Å². The lowest BCUT2D eigenvalue weighted by molar-refractivity contribution is 0.415. The standard InChI is InChI=1S/C21H20NO4PS/c1-15-4-13-20-21(14-15)28(23,24)22-27(20,18-9-5-16(25-2)6-10-18)19-11-7-17(26-3)8-12-19/h4-14H,1-3H3. The highest BCUT2D eigenvalue weighted by Gasteiger charge is 2.40. The quantitative estimate of drug-likeness (QED) is 0.617. The number of ether oxygens (including phenoxy) is 2. The lowest BCUT2D eigenvalue weighted by atomic mass is 10.2. The fourth-order valence-electron chi connectivity index (χ4n) is 3.46. The van der Waals surface area contributed by atoms with Crippen LogP contribution in [0.25, 0.3) is 0 Å². The van der Waals surface area contributed by atoms with E-state index in [0.29, 0.717) is 16.4 Å². The molecule has 0 aliphatic carbocycles. The first kappa shape index (κ1) is 18.8. The van der Waals surface area contributed by atoms with Crippen LogP contribution in [0.5, 0.6) is 11.5 Å². The van der Waals surface area contributed by atoms with Gasteiger partial charge >= 0.3 is 0 Å². The molecular weight excluding hydrogens is 393 g/mol. The van der Waals surface area contributed by atoms with Gasteiger partial charge in [0.15, 0.2) is 0 Å². The predicted molar refractivity (Wildman–Crippen MR) is 113 cm³/mol. The maximum atomic E-state index is 13.0. The van der Waals surface area contributed by atoms with Crippen molar-refractivity contribution in [2.24, 2.45) is 4.15 Å². The first-order valence-electron chi connectivity index (χ1n) is 8.70. The van der Waals surface area contributed by atoms with E-state index in [2.05, 4.69) is 4.15 Å². The average Bonchev–Trinajstić information content (AvgIpc) is 2.96. The molecule has 0 unspecified atom stereocenters. The Morgan fingerprint density at radius 1 is 0.786 bits per heavy atom. The molecule has 0 N–H and O–H groups in total. The third-order valence-corrected chi connectivity index (χ3v) is 10.9. The minimum absolute atomic E-state index is 0.299. The summed E-state index contributed by atoms with van der Waals surface area (Å²) in [5, 5.41) is 2.49. The van der Waals surface area contributed by atoms with Crippen molar-refractivity contribution in [3.63, 3.8) is 0 Å². The summed E-state index contributed by atoms with van der Waals surface area (Å²) in [4.78, 5) is 0.299. The number of hydrogen-bond donors (Lipinski definition) is 0. The number of methoxy groups -OCH3 is 2. The van der Waals surface area contributed by atoms with Gasteiger partial charge in [-0.2, -0.15) is 12.6 Å². The maximum absolute atomic E-state index is 13.0. The fraction of sp³-hybridized carbons (Fsp3) is 0.143. The molecule has 1 heterocycles. The third-order valence-electron chi connectivity index (χ3n) is 4.86. The molecule has 0 fully saturated rings. The molecule has 1 aliphatic rings. The van der Waals surface area contributed by atoms with Crippen molar-refractivity contribution in [1.82, 2.24) is 0 Å². The molecule has 0 radical (unpaired) electrons. The van der Waals surface area contributed by atoms with Gasteiger partial charge < -0.3 is 9.47 Å². The van der Waals surface area contributed by atoms with Gasteiger partial charge in [0.25, 0.3) is 10.0 Å². The minimum atomic E-state index is -3.75. The monoisotopic (exact) mass is 413 g/mol. The Bertz CT molecular complexity index is 1150. The van der Waals surface area contributed by atoms with Crippen molar-refractivity contribution in [3.05, 3.63) is 72.3 Å². The van der Waals surface area contributed by atoms with Crippen molar-refractivity contribution >= 4 is 33.0 Å². The molecule has 0 spiro atoms. The van der Waals surface area contributed by atoms with E-state index in [0.717, 1.165) is 21.5 Å². The van der Waals surface area contributed by atoms with Crippen LogP contribution in [0.3, 0.4) is 0 Å². The van der Waals surface area contributed by atoms with Crippen LogP contribution in [0, 0.1) is 6.92 Å². The Kier molecular flexibility index (Phi) is 4.56. The molecular formula is C21H20NO4PS. The Balaban J connectivity index is 2.09. The number of rotatable bonds is 4. The number of sulfonamides is 1. The lowest BCUT2D eigenvalue weighted by Gasteiger charge is -2.23. The van der Waals surface area contributed by atoms with Crippen molar-refractivity contribution in [2.45, 2.75) is 11.8 Å². The maximum Gasteiger partial charge on any atom is 0.282 e. The zero-order valence-electron chi connectivity index (χ0n) is 15.8. The van der Waals surface area contributed by atoms with E-state index in [9.17, 15) is 8.42 Å². The van der Waals surface area contributed by atoms with E-state index in [1.807, 2.05) is 67.6 Å². The molecule has 28 heavy (non-hydrogen) atoms. The SMILES string of the molecule is COc1ccc(P2(c3ccc(OC)cc3)=NS(=O)(=O)c3cc(C)ccc32)cc1. The van der Waals surface area contributed by atoms with Gasteiger partial charge in [-0.3, -0.25) is 0 Å². The smallest absolute Gasteiger partial charge is 0.282 e. The van der Waals surface area contributed by atoms with Crippen molar-refractivity contribution < 1.29 is 17.9 Å². The Morgan fingerprint density at radius 2 is 1.29 bits per heavy atom. The molecule has 0 aromatic heterocycles. The van der Waals surface area contributed by atoms with E-state index in [-0.39, 0.29) is 0 Å². The van der Waals surface area contributed by atoms with Crippen molar-refractivity contribution in [2.75, 3.05) is 14.2 Å². The highest BCUT2D eigenvalue weighted by Crippen LogP contribution is 2.54. The molecule has 0 bridgehead atoms.